The van der Waals surface area contributed by atoms with Gasteiger partial charge in [-0.3, -0.25) is 9.69 Å². The van der Waals surface area contributed by atoms with Crippen LogP contribution in [0.5, 0.6) is 0 Å². The highest BCUT2D eigenvalue weighted by Gasteiger charge is 2.40. The van der Waals surface area contributed by atoms with Gasteiger partial charge in [0, 0.05) is 23.1 Å². The second-order valence-corrected chi connectivity index (χ2v) is 6.40. The first kappa shape index (κ1) is 14.8. The van der Waals surface area contributed by atoms with E-state index in [2.05, 4.69) is 10.2 Å². The fourth-order valence-electron chi connectivity index (χ4n) is 3.52. The predicted octanol–water partition coefficient (Wildman–Crippen LogP) is 2.37. The van der Waals surface area contributed by atoms with Gasteiger partial charge in [-0.05, 0) is 43.9 Å². The van der Waals surface area contributed by atoms with Gasteiger partial charge in [-0.2, -0.15) is 0 Å². The van der Waals surface area contributed by atoms with E-state index in [1.165, 1.54) is 12.1 Å². The van der Waals surface area contributed by atoms with Crippen molar-refractivity contribution in [2.45, 2.75) is 43.8 Å². The Hall–Kier alpha value is -1.17. The molecule has 6 heteroatoms. The molecular weight excluding hydrogens is 293 g/mol. The number of fused-ring (bicyclic) bond motifs is 2. The molecule has 0 saturated carbocycles. The Labute approximate surface area is 128 Å². The van der Waals surface area contributed by atoms with Crippen LogP contribution in [0.2, 0.25) is 5.02 Å². The summed E-state index contributed by atoms with van der Waals surface area (Å²) < 4.78 is 13.7. The van der Waals surface area contributed by atoms with Crippen LogP contribution in [-0.4, -0.2) is 35.5 Å². The second kappa shape index (κ2) is 5.91. The zero-order valence-electron chi connectivity index (χ0n) is 11.7. The number of halogens is 2. The van der Waals surface area contributed by atoms with E-state index in [-0.39, 0.29) is 17.6 Å². The molecule has 0 radical (unpaired) electrons. The molecule has 4 nitrogen and oxygen atoms in total. The van der Waals surface area contributed by atoms with E-state index >= 15 is 0 Å². The number of nitrogens with one attached hydrogen (secondary N) is 1. The van der Waals surface area contributed by atoms with E-state index in [0.717, 1.165) is 25.7 Å². The summed E-state index contributed by atoms with van der Waals surface area (Å²) in [7, 11) is 0. The topological polar surface area (TPSA) is 58.4 Å². The van der Waals surface area contributed by atoms with E-state index in [4.69, 9.17) is 17.3 Å². The Morgan fingerprint density at radius 2 is 2.05 bits per heavy atom. The van der Waals surface area contributed by atoms with Gasteiger partial charge in [0.15, 0.2) is 0 Å². The lowest BCUT2D eigenvalue weighted by Gasteiger charge is -2.37. The summed E-state index contributed by atoms with van der Waals surface area (Å²) in [5.74, 6) is -0.705. The Balaban J connectivity index is 1.62. The third kappa shape index (κ3) is 3.20. The van der Waals surface area contributed by atoms with Crippen LogP contribution in [0.15, 0.2) is 18.2 Å². The Morgan fingerprint density at radius 1 is 1.38 bits per heavy atom. The van der Waals surface area contributed by atoms with Gasteiger partial charge in [-0.15, -0.1) is 0 Å². The van der Waals surface area contributed by atoms with Gasteiger partial charge in [0.2, 0.25) is 5.91 Å². The first-order valence-electron chi connectivity index (χ1n) is 7.29. The van der Waals surface area contributed by atoms with Gasteiger partial charge < -0.3 is 11.1 Å². The molecule has 0 aliphatic carbocycles. The molecule has 2 heterocycles. The molecule has 3 rings (SSSR count). The molecule has 2 bridgehead atoms. The molecule has 2 fully saturated rings. The summed E-state index contributed by atoms with van der Waals surface area (Å²) in [6.45, 7) is 0.296. The number of benzene rings is 1. The lowest BCUT2D eigenvalue weighted by Crippen LogP contribution is -2.50. The smallest absolute Gasteiger partial charge is 0.238 e. The molecule has 1 aromatic carbocycles. The van der Waals surface area contributed by atoms with E-state index in [0.29, 0.717) is 23.7 Å². The average Bonchev–Trinajstić information content (AvgIpc) is 2.66. The number of hydrogen-bond acceptors (Lipinski definition) is 3. The van der Waals surface area contributed by atoms with Crippen molar-refractivity contribution in [1.29, 1.82) is 0 Å². The average molecular weight is 312 g/mol. The van der Waals surface area contributed by atoms with Gasteiger partial charge in [-0.25, -0.2) is 4.39 Å². The van der Waals surface area contributed by atoms with Crippen LogP contribution in [0.3, 0.4) is 0 Å². The van der Waals surface area contributed by atoms with Gasteiger partial charge in [0.05, 0.1) is 12.2 Å². The first-order valence-corrected chi connectivity index (χ1v) is 7.67. The number of piperidine rings is 1. The molecular formula is C15H19ClFN3O. The normalized spacial score (nSPS) is 28.6. The second-order valence-electron chi connectivity index (χ2n) is 5.96. The fourth-order valence-corrected chi connectivity index (χ4v) is 3.68. The number of carbonyl (C=O) groups excluding carboxylic acids is 1. The molecule has 2 saturated heterocycles. The standard InChI is InChI=1S/C15H19ClFN3O/c16-9-1-4-14(13(17)5-9)19-15(21)8-20-11-2-3-12(20)7-10(18)6-11/h1,4-5,10-12H,2-3,6-8,18H2,(H,19,21). The molecule has 114 valence electrons. The van der Waals surface area contributed by atoms with Gasteiger partial charge in [0.25, 0.3) is 0 Å². The van der Waals surface area contributed by atoms with Crippen molar-refractivity contribution in [3.05, 3.63) is 29.0 Å². The summed E-state index contributed by atoms with van der Waals surface area (Å²) in [6, 6.07) is 5.26. The van der Waals surface area contributed by atoms with Crippen LogP contribution in [0, 0.1) is 5.82 Å². The molecule has 1 aromatic rings. The number of amides is 1. The summed E-state index contributed by atoms with van der Waals surface area (Å²) in [5.41, 5.74) is 6.19. The maximum Gasteiger partial charge on any atom is 0.238 e. The van der Waals surface area contributed by atoms with E-state index in [1.807, 2.05) is 0 Å². The summed E-state index contributed by atoms with van der Waals surface area (Å²) in [5, 5.41) is 2.93. The zero-order chi connectivity index (χ0) is 15.0. The molecule has 1 amide bonds. The quantitative estimate of drug-likeness (QED) is 0.901. The maximum atomic E-state index is 13.7. The molecule has 2 aliphatic heterocycles. The van der Waals surface area contributed by atoms with Crippen LogP contribution in [0.25, 0.3) is 0 Å². The maximum absolute atomic E-state index is 13.7. The van der Waals surface area contributed by atoms with Crippen molar-refractivity contribution < 1.29 is 9.18 Å². The van der Waals surface area contributed by atoms with Crippen molar-refractivity contribution in [2.75, 3.05) is 11.9 Å². The first-order chi connectivity index (χ1) is 10.0. The van der Waals surface area contributed by atoms with Gasteiger partial charge >= 0.3 is 0 Å². The monoisotopic (exact) mass is 311 g/mol. The Kier molecular flexibility index (Phi) is 4.15. The fraction of sp³-hybridized carbons (Fsp3) is 0.533. The third-order valence-corrected chi connectivity index (χ3v) is 4.69. The number of nitrogens with zero attached hydrogens (tertiary/aromatic N) is 1. The van der Waals surface area contributed by atoms with Crippen molar-refractivity contribution in [3.8, 4) is 0 Å². The highest BCUT2D eigenvalue weighted by molar-refractivity contribution is 6.30. The summed E-state index contributed by atoms with van der Waals surface area (Å²) in [6.07, 6.45) is 4.08. The lowest BCUT2D eigenvalue weighted by molar-refractivity contribution is -0.118. The number of rotatable bonds is 3. The Morgan fingerprint density at radius 3 is 2.67 bits per heavy atom. The molecule has 2 unspecified atom stereocenters. The van der Waals surface area contributed by atoms with Crippen LogP contribution in [0.1, 0.15) is 25.7 Å². The minimum atomic E-state index is -0.514. The minimum Gasteiger partial charge on any atom is -0.328 e. The largest absolute Gasteiger partial charge is 0.328 e. The molecule has 0 spiro atoms. The van der Waals surface area contributed by atoms with Crippen LogP contribution < -0.4 is 11.1 Å². The molecule has 2 aliphatic rings. The molecule has 3 N–H and O–H groups in total. The summed E-state index contributed by atoms with van der Waals surface area (Å²) >= 11 is 5.70. The predicted molar refractivity (Wildman–Crippen MR) is 80.8 cm³/mol. The number of nitrogens with two attached hydrogens (primary N) is 1. The van der Waals surface area contributed by atoms with Crippen molar-refractivity contribution >= 4 is 23.2 Å². The van der Waals surface area contributed by atoms with Crippen LogP contribution in [-0.2, 0) is 4.79 Å². The van der Waals surface area contributed by atoms with Crippen molar-refractivity contribution in [2.24, 2.45) is 5.73 Å². The molecule has 0 aromatic heterocycles. The minimum absolute atomic E-state index is 0.172. The van der Waals surface area contributed by atoms with Gasteiger partial charge in [-0.1, -0.05) is 11.6 Å². The summed E-state index contributed by atoms with van der Waals surface area (Å²) in [4.78, 5) is 14.3. The highest BCUT2D eigenvalue weighted by atomic mass is 35.5. The van der Waals surface area contributed by atoms with Crippen LogP contribution in [0.4, 0.5) is 10.1 Å². The Bertz CT molecular complexity index is 540. The SMILES string of the molecule is NC1CC2CCC(C1)N2CC(=O)Nc1ccc(Cl)cc1F. The lowest BCUT2D eigenvalue weighted by atomic mass is 9.98. The zero-order valence-corrected chi connectivity index (χ0v) is 12.4. The number of carbonyl (C=O) groups is 1. The molecule has 2 atom stereocenters. The van der Waals surface area contributed by atoms with E-state index < -0.39 is 5.82 Å². The van der Waals surface area contributed by atoms with E-state index in [1.54, 1.807) is 6.07 Å². The van der Waals surface area contributed by atoms with Crippen molar-refractivity contribution in [1.82, 2.24) is 4.90 Å². The van der Waals surface area contributed by atoms with Crippen molar-refractivity contribution in [3.63, 3.8) is 0 Å². The number of anilines is 1. The van der Waals surface area contributed by atoms with Gasteiger partial charge in [0.1, 0.15) is 5.82 Å². The molecule has 21 heavy (non-hydrogen) atoms. The third-order valence-electron chi connectivity index (χ3n) is 4.45. The van der Waals surface area contributed by atoms with E-state index in [9.17, 15) is 9.18 Å². The van der Waals surface area contributed by atoms with Crippen LogP contribution >= 0.6 is 11.6 Å². The number of hydrogen-bond donors (Lipinski definition) is 2. The highest BCUT2D eigenvalue weighted by Crippen LogP contribution is 2.34.